The molecular weight excluding hydrogens is 272 g/mol. The lowest BCUT2D eigenvalue weighted by atomic mass is 9.83. The molecule has 1 heterocycles. The number of thiazole rings is 1. The number of nitrogens with zero attached hydrogens (tertiary/aromatic N) is 1. The second kappa shape index (κ2) is 6.57. The molecule has 1 aliphatic rings. The molecule has 112 valence electrons. The predicted octanol–water partition coefficient (Wildman–Crippen LogP) is 4.01. The summed E-state index contributed by atoms with van der Waals surface area (Å²) >= 11 is 1.54. The van der Waals surface area contributed by atoms with Crippen LogP contribution in [0.5, 0.6) is 0 Å². The zero-order valence-electron chi connectivity index (χ0n) is 12.6. The number of nitrogens with one attached hydrogen (secondary N) is 1. The van der Waals surface area contributed by atoms with Crippen molar-refractivity contribution in [2.45, 2.75) is 52.9 Å². The monoisotopic (exact) mass is 296 g/mol. The molecule has 0 bridgehead atoms. The van der Waals surface area contributed by atoms with E-state index in [2.05, 4.69) is 17.2 Å². The van der Waals surface area contributed by atoms with Crippen LogP contribution in [0.15, 0.2) is 0 Å². The van der Waals surface area contributed by atoms with Gasteiger partial charge in [0.1, 0.15) is 0 Å². The fraction of sp³-hybridized carbons (Fsp3) is 0.733. The Bertz CT molecular complexity index is 464. The predicted molar refractivity (Wildman–Crippen MR) is 82.5 cm³/mol. The van der Waals surface area contributed by atoms with Crippen LogP contribution in [0.4, 0.5) is 5.13 Å². The maximum Gasteiger partial charge on any atom is 0.358 e. The van der Waals surface area contributed by atoms with Gasteiger partial charge >= 0.3 is 5.97 Å². The van der Waals surface area contributed by atoms with Gasteiger partial charge in [0, 0.05) is 11.4 Å². The van der Waals surface area contributed by atoms with E-state index in [1.54, 1.807) is 0 Å². The molecule has 4 nitrogen and oxygen atoms in total. The number of rotatable bonds is 6. The van der Waals surface area contributed by atoms with E-state index in [0.717, 1.165) is 16.6 Å². The minimum Gasteiger partial charge on any atom is -0.461 e. The number of esters is 1. The van der Waals surface area contributed by atoms with Crippen LogP contribution in [0, 0.1) is 12.3 Å². The zero-order chi connectivity index (χ0) is 14.6. The van der Waals surface area contributed by atoms with Crippen molar-refractivity contribution < 1.29 is 9.53 Å². The second-order valence-electron chi connectivity index (χ2n) is 5.56. The van der Waals surface area contributed by atoms with Crippen molar-refractivity contribution in [3.63, 3.8) is 0 Å². The number of anilines is 1. The number of hydrogen-bond acceptors (Lipinski definition) is 5. The molecular formula is C15H24N2O2S. The smallest absolute Gasteiger partial charge is 0.358 e. The van der Waals surface area contributed by atoms with Gasteiger partial charge in [-0.15, -0.1) is 11.3 Å². The van der Waals surface area contributed by atoms with Gasteiger partial charge in [0.2, 0.25) is 0 Å². The van der Waals surface area contributed by atoms with Crippen molar-refractivity contribution in [3.8, 4) is 0 Å². The molecule has 20 heavy (non-hydrogen) atoms. The summed E-state index contributed by atoms with van der Waals surface area (Å²) in [5, 5.41) is 4.27. The van der Waals surface area contributed by atoms with Gasteiger partial charge in [0.25, 0.3) is 0 Å². The molecule has 1 aliphatic carbocycles. The SMILES string of the molecule is CCOC(=O)c1nc(NCC2(CC)CCCC2)sc1C. The average molecular weight is 296 g/mol. The Morgan fingerprint density at radius 1 is 1.40 bits per heavy atom. The molecule has 0 amide bonds. The Morgan fingerprint density at radius 2 is 2.10 bits per heavy atom. The van der Waals surface area contributed by atoms with Crippen LogP contribution in [0.2, 0.25) is 0 Å². The summed E-state index contributed by atoms with van der Waals surface area (Å²) in [6.45, 7) is 7.34. The Balaban J connectivity index is 2.00. The first kappa shape index (κ1) is 15.3. The van der Waals surface area contributed by atoms with Gasteiger partial charge in [0.15, 0.2) is 10.8 Å². The fourth-order valence-corrected chi connectivity index (χ4v) is 3.70. The van der Waals surface area contributed by atoms with E-state index in [4.69, 9.17) is 4.74 Å². The lowest BCUT2D eigenvalue weighted by Gasteiger charge is -2.27. The molecule has 2 rings (SSSR count). The number of aromatic nitrogens is 1. The van der Waals surface area contributed by atoms with Gasteiger partial charge in [-0.1, -0.05) is 19.8 Å². The zero-order valence-corrected chi connectivity index (χ0v) is 13.4. The molecule has 0 aliphatic heterocycles. The minimum absolute atomic E-state index is 0.319. The van der Waals surface area contributed by atoms with E-state index in [-0.39, 0.29) is 5.97 Å². The highest BCUT2D eigenvalue weighted by Gasteiger charge is 2.32. The highest BCUT2D eigenvalue weighted by Crippen LogP contribution is 2.41. The molecule has 0 aromatic carbocycles. The van der Waals surface area contributed by atoms with E-state index in [1.165, 1.54) is 43.4 Å². The standard InChI is InChI=1S/C15H24N2O2S/c1-4-15(8-6-7-9-15)10-16-14-17-12(11(3)20-14)13(18)19-5-2/h4-10H2,1-3H3,(H,16,17). The summed E-state index contributed by atoms with van der Waals surface area (Å²) in [4.78, 5) is 17.1. The molecule has 0 saturated heterocycles. The van der Waals surface area contributed by atoms with Crippen LogP contribution in [-0.4, -0.2) is 24.1 Å². The molecule has 1 aromatic rings. The number of carbonyl (C=O) groups excluding carboxylic acids is 1. The van der Waals surface area contributed by atoms with Gasteiger partial charge in [-0.25, -0.2) is 9.78 Å². The van der Waals surface area contributed by atoms with Crippen LogP contribution in [0.3, 0.4) is 0 Å². The van der Waals surface area contributed by atoms with Crippen LogP contribution in [0.25, 0.3) is 0 Å². The first-order valence-corrected chi connectivity index (χ1v) is 8.30. The quantitative estimate of drug-likeness (QED) is 0.806. The van der Waals surface area contributed by atoms with Crippen molar-refractivity contribution in [1.29, 1.82) is 0 Å². The number of aryl methyl sites for hydroxylation is 1. The summed E-state index contributed by atoms with van der Waals surface area (Å²) in [5.41, 5.74) is 0.875. The van der Waals surface area contributed by atoms with Crippen LogP contribution < -0.4 is 5.32 Å². The van der Waals surface area contributed by atoms with E-state index in [1.807, 2.05) is 13.8 Å². The normalized spacial score (nSPS) is 17.1. The van der Waals surface area contributed by atoms with Crippen molar-refractivity contribution in [2.24, 2.45) is 5.41 Å². The van der Waals surface area contributed by atoms with E-state index in [9.17, 15) is 4.79 Å². The highest BCUT2D eigenvalue weighted by molar-refractivity contribution is 7.15. The molecule has 0 spiro atoms. The third-order valence-electron chi connectivity index (χ3n) is 4.29. The first-order valence-electron chi connectivity index (χ1n) is 7.48. The van der Waals surface area contributed by atoms with Gasteiger partial charge < -0.3 is 10.1 Å². The third kappa shape index (κ3) is 3.32. The van der Waals surface area contributed by atoms with E-state index < -0.39 is 0 Å². The van der Waals surface area contributed by atoms with Gasteiger partial charge in [-0.05, 0) is 38.5 Å². The van der Waals surface area contributed by atoms with E-state index in [0.29, 0.717) is 17.7 Å². The molecule has 0 unspecified atom stereocenters. The minimum atomic E-state index is -0.319. The molecule has 0 atom stereocenters. The number of hydrogen-bond donors (Lipinski definition) is 1. The van der Waals surface area contributed by atoms with Crippen molar-refractivity contribution in [1.82, 2.24) is 4.98 Å². The molecule has 0 radical (unpaired) electrons. The Hall–Kier alpha value is -1.10. The Kier molecular flexibility index (Phi) is 5.02. The van der Waals surface area contributed by atoms with Gasteiger partial charge in [0.05, 0.1) is 6.61 Å². The average Bonchev–Trinajstić information content (AvgIpc) is 3.04. The van der Waals surface area contributed by atoms with Crippen LogP contribution in [-0.2, 0) is 4.74 Å². The fourth-order valence-electron chi connectivity index (χ4n) is 2.90. The third-order valence-corrected chi connectivity index (χ3v) is 5.22. The summed E-state index contributed by atoms with van der Waals surface area (Å²) in [5.74, 6) is -0.319. The Morgan fingerprint density at radius 3 is 2.70 bits per heavy atom. The van der Waals surface area contributed by atoms with Crippen molar-refractivity contribution in [2.75, 3.05) is 18.5 Å². The Labute approximate surface area is 124 Å². The lowest BCUT2D eigenvalue weighted by molar-refractivity contribution is 0.0519. The molecule has 5 heteroatoms. The van der Waals surface area contributed by atoms with Crippen LogP contribution >= 0.6 is 11.3 Å². The molecule has 1 N–H and O–H groups in total. The van der Waals surface area contributed by atoms with Gasteiger partial charge in [-0.2, -0.15) is 0 Å². The second-order valence-corrected chi connectivity index (χ2v) is 6.76. The van der Waals surface area contributed by atoms with Gasteiger partial charge in [-0.3, -0.25) is 0 Å². The molecule has 1 fully saturated rings. The summed E-state index contributed by atoms with van der Waals surface area (Å²) in [7, 11) is 0. The number of carbonyl (C=O) groups is 1. The van der Waals surface area contributed by atoms with E-state index >= 15 is 0 Å². The van der Waals surface area contributed by atoms with Crippen molar-refractivity contribution >= 4 is 22.4 Å². The van der Waals surface area contributed by atoms with Crippen LogP contribution in [0.1, 0.15) is 61.3 Å². The topological polar surface area (TPSA) is 51.2 Å². The largest absolute Gasteiger partial charge is 0.461 e. The molecule has 1 saturated carbocycles. The lowest BCUT2D eigenvalue weighted by Crippen LogP contribution is -2.25. The van der Waals surface area contributed by atoms with Crippen molar-refractivity contribution in [3.05, 3.63) is 10.6 Å². The summed E-state index contributed by atoms with van der Waals surface area (Å²) < 4.78 is 5.02. The first-order chi connectivity index (χ1) is 9.60. The maximum atomic E-state index is 11.8. The summed E-state index contributed by atoms with van der Waals surface area (Å²) in [6, 6.07) is 0. The maximum absolute atomic E-state index is 11.8. The number of ether oxygens (including phenoxy) is 1. The summed E-state index contributed by atoms with van der Waals surface area (Å²) in [6.07, 6.45) is 6.47. The highest BCUT2D eigenvalue weighted by atomic mass is 32.1. The molecule has 1 aromatic heterocycles.